The van der Waals surface area contributed by atoms with Crippen molar-refractivity contribution in [1.29, 1.82) is 0 Å². The topological polar surface area (TPSA) is 58.0 Å². The fourth-order valence-corrected chi connectivity index (χ4v) is 1.31. The van der Waals surface area contributed by atoms with Crippen LogP contribution in [0.5, 0.6) is 0 Å². The Balaban J connectivity index is 2.43. The highest BCUT2D eigenvalue weighted by Crippen LogP contribution is 2.41. The second kappa shape index (κ2) is 1.98. The van der Waals surface area contributed by atoms with E-state index in [0.717, 1.165) is 12.8 Å². The predicted molar refractivity (Wildman–Crippen MR) is 39.3 cm³/mol. The third-order valence-corrected chi connectivity index (χ3v) is 2.28. The Kier molecular flexibility index (Phi) is 1.20. The summed E-state index contributed by atoms with van der Waals surface area (Å²) < 4.78 is 1.58. The number of H-pyrrole nitrogens is 1. The van der Waals surface area contributed by atoms with E-state index >= 15 is 0 Å². The van der Waals surface area contributed by atoms with Crippen molar-refractivity contribution in [2.24, 2.45) is 0 Å². The highest BCUT2D eigenvalue weighted by Gasteiger charge is 2.44. The molecule has 2 rings (SSSR count). The molecule has 1 aromatic heterocycles. The summed E-state index contributed by atoms with van der Waals surface area (Å²) in [5, 5.41) is 8.98. The third kappa shape index (κ3) is 0.826. The van der Waals surface area contributed by atoms with Crippen LogP contribution < -0.4 is 5.69 Å². The van der Waals surface area contributed by atoms with E-state index in [0.29, 0.717) is 0 Å². The average molecular weight is 154 g/mol. The summed E-state index contributed by atoms with van der Waals surface area (Å²) in [6, 6.07) is 0. The Morgan fingerprint density at radius 2 is 2.45 bits per heavy atom. The molecular formula is C7H10N2O2. The summed E-state index contributed by atoms with van der Waals surface area (Å²) in [4.78, 5) is 13.6. The Bertz CT molecular complexity index is 308. The lowest BCUT2D eigenvalue weighted by molar-refractivity contribution is 0.210. The molecule has 60 valence electrons. The molecule has 1 saturated carbocycles. The monoisotopic (exact) mass is 154 g/mol. The van der Waals surface area contributed by atoms with E-state index in [1.807, 2.05) is 0 Å². The van der Waals surface area contributed by atoms with Crippen molar-refractivity contribution in [3.8, 4) is 0 Å². The summed E-state index contributed by atoms with van der Waals surface area (Å²) in [5.41, 5.74) is -0.395. The van der Waals surface area contributed by atoms with Crippen LogP contribution >= 0.6 is 0 Å². The number of aliphatic hydroxyl groups is 1. The zero-order valence-corrected chi connectivity index (χ0v) is 6.08. The highest BCUT2D eigenvalue weighted by molar-refractivity contribution is 5.02. The molecule has 0 unspecified atom stereocenters. The second-order valence-corrected chi connectivity index (χ2v) is 3.02. The predicted octanol–water partition coefficient (Wildman–Crippen LogP) is -0.342. The first-order valence-electron chi connectivity index (χ1n) is 3.66. The molecule has 1 heterocycles. The van der Waals surface area contributed by atoms with E-state index in [1.165, 1.54) is 0 Å². The van der Waals surface area contributed by atoms with Crippen molar-refractivity contribution in [2.45, 2.75) is 18.4 Å². The molecule has 0 radical (unpaired) electrons. The minimum absolute atomic E-state index is 0.0603. The molecule has 1 aliphatic rings. The maximum atomic E-state index is 11.1. The van der Waals surface area contributed by atoms with Crippen LogP contribution in [0.2, 0.25) is 0 Å². The van der Waals surface area contributed by atoms with Gasteiger partial charge in [-0.25, -0.2) is 4.79 Å². The largest absolute Gasteiger partial charge is 0.394 e. The van der Waals surface area contributed by atoms with Crippen molar-refractivity contribution in [3.63, 3.8) is 0 Å². The van der Waals surface area contributed by atoms with Gasteiger partial charge in [0.15, 0.2) is 0 Å². The number of imidazole rings is 1. The van der Waals surface area contributed by atoms with E-state index in [1.54, 1.807) is 17.0 Å². The fourth-order valence-electron chi connectivity index (χ4n) is 1.31. The van der Waals surface area contributed by atoms with Gasteiger partial charge in [-0.05, 0) is 12.8 Å². The smallest absolute Gasteiger partial charge is 0.326 e. The van der Waals surface area contributed by atoms with E-state index in [2.05, 4.69) is 4.98 Å². The van der Waals surface area contributed by atoms with Gasteiger partial charge in [0.1, 0.15) is 0 Å². The van der Waals surface area contributed by atoms with Gasteiger partial charge in [0.25, 0.3) is 0 Å². The van der Waals surface area contributed by atoms with E-state index in [9.17, 15) is 4.79 Å². The number of hydrogen-bond donors (Lipinski definition) is 2. The zero-order chi connectivity index (χ0) is 7.90. The number of nitrogens with zero attached hydrogens (tertiary/aromatic N) is 1. The van der Waals surface area contributed by atoms with Crippen molar-refractivity contribution in [1.82, 2.24) is 9.55 Å². The van der Waals surface area contributed by atoms with E-state index in [4.69, 9.17) is 5.11 Å². The standard InChI is InChI=1S/C7H10N2O2/c10-5-7(1-2-7)9-4-3-8-6(9)11/h3-4,10H,1-2,5H2,(H,8,11). The van der Waals surface area contributed by atoms with E-state index < -0.39 is 0 Å². The van der Waals surface area contributed by atoms with Gasteiger partial charge in [0.2, 0.25) is 0 Å². The molecule has 0 aliphatic heterocycles. The van der Waals surface area contributed by atoms with Gasteiger partial charge in [0, 0.05) is 12.4 Å². The number of aromatic amines is 1. The Morgan fingerprint density at radius 3 is 2.82 bits per heavy atom. The van der Waals surface area contributed by atoms with Crippen molar-refractivity contribution >= 4 is 0 Å². The van der Waals surface area contributed by atoms with Crippen LogP contribution in [0, 0.1) is 0 Å². The van der Waals surface area contributed by atoms with Gasteiger partial charge >= 0.3 is 5.69 Å². The molecule has 1 aliphatic carbocycles. The molecule has 4 heteroatoms. The zero-order valence-electron chi connectivity index (χ0n) is 6.08. The maximum absolute atomic E-state index is 11.1. The molecule has 0 atom stereocenters. The molecule has 0 bridgehead atoms. The van der Waals surface area contributed by atoms with Gasteiger partial charge < -0.3 is 10.1 Å². The SMILES string of the molecule is O=c1[nH]ccn1C1(CO)CC1. The van der Waals surface area contributed by atoms with Crippen LogP contribution in [0.4, 0.5) is 0 Å². The molecule has 1 aromatic rings. The van der Waals surface area contributed by atoms with Crippen LogP contribution in [-0.2, 0) is 5.54 Å². The summed E-state index contributed by atoms with van der Waals surface area (Å²) >= 11 is 0. The molecule has 2 N–H and O–H groups in total. The first-order valence-corrected chi connectivity index (χ1v) is 3.66. The number of nitrogens with one attached hydrogen (secondary N) is 1. The third-order valence-electron chi connectivity index (χ3n) is 2.28. The Morgan fingerprint density at radius 1 is 1.73 bits per heavy atom. The van der Waals surface area contributed by atoms with Crippen LogP contribution in [0.15, 0.2) is 17.2 Å². The molecule has 0 amide bonds. The summed E-state index contributed by atoms with van der Waals surface area (Å²) in [5.74, 6) is 0. The summed E-state index contributed by atoms with van der Waals surface area (Å²) in [6.07, 6.45) is 5.09. The molecule has 0 aromatic carbocycles. The fraction of sp³-hybridized carbons (Fsp3) is 0.571. The minimum atomic E-state index is -0.267. The molecular weight excluding hydrogens is 144 g/mol. The normalized spacial score (nSPS) is 20.1. The number of rotatable bonds is 2. The van der Waals surface area contributed by atoms with Crippen molar-refractivity contribution in [2.75, 3.05) is 6.61 Å². The summed E-state index contributed by atoms with van der Waals surface area (Å²) in [7, 11) is 0. The Labute approximate surface area is 63.5 Å². The number of aromatic nitrogens is 2. The van der Waals surface area contributed by atoms with Crippen LogP contribution in [0.25, 0.3) is 0 Å². The van der Waals surface area contributed by atoms with E-state index in [-0.39, 0.29) is 17.8 Å². The lowest BCUT2D eigenvalue weighted by atomic mass is 10.3. The number of aliphatic hydroxyl groups excluding tert-OH is 1. The van der Waals surface area contributed by atoms with Gasteiger partial charge in [-0.1, -0.05) is 0 Å². The second-order valence-electron chi connectivity index (χ2n) is 3.02. The number of hydrogen-bond acceptors (Lipinski definition) is 2. The average Bonchev–Trinajstić information content (AvgIpc) is 2.70. The van der Waals surface area contributed by atoms with Crippen LogP contribution in [0.3, 0.4) is 0 Å². The van der Waals surface area contributed by atoms with Crippen LogP contribution in [-0.4, -0.2) is 21.3 Å². The molecule has 1 fully saturated rings. The first-order chi connectivity index (χ1) is 5.28. The van der Waals surface area contributed by atoms with Gasteiger partial charge in [0.05, 0.1) is 12.1 Å². The first kappa shape index (κ1) is 6.67. The highest BCUT2D eigenvalue weighted by atomic mass is 16.3. The van der Waals surface area contributed by atoms with Gasteiger partial charge in [-0.2, -0.15) is 0 Å². The van der Waals surface area contributed by atoms with Gasteiger partial charge in [-0.15, -0.1) is 0 Å². The lowest BCUT2D eigenvalue weighted by Crippen LogP contribution is -2.30. The quantitative estimate of drug-likeness (QED) is 0.612. The maximum Gasteiger partial charge on any atom is 0.326 e. The van der Waals surface area contributed by atoms with Crippen molar-refractivity contribution in [3.05, 3.63) is 22.9 Å². The lowest BCUT2D eigenvalue weighted by Gasteiger charge is -2.10. The minimum Gasteiger partial charge on any atom is -0.394 e. The molecule has 0 spiro atoms. The summed E-state index contributed by atoms with van der Waals surface area (Å²) in [6.45, 7) is 0.0603. The molecule has 11 heavy (non-hydrogen) atoms. The van der Waals surface area contributed by atoms with Crippen LogP contribution in [0.1, 0.15) is 12.8 Å². The van der Waals surface area contributed by atoms with Crippen molar-refractivity contribution < 1.29 is 5.11 Å². The molecule has 4 nitrogen and oxygen atoms in total. The Hall–Kier alpha value is -1.03. The van der Waals surface area contributed by atoms with Gasteiger partial charge in [-0.3, -0.25) is 4.57 Å². The molecule has 0 saturated heterocycles.